The lowest BCUT2D eigenvalue weighted by atomic mass is 10.0. The molecule has 1 aromatic carbocycles. The van der Waals surface area contributed by atoms with Crippen LogP contribution >= 0.6 is 0 Å². The molecular weight excluding hydrogens is 262 g/mol. The molecule has 3 nitrogen and oxygen atoms in total. The van der Waals surface area contributed by atoms with Gasteiger partial charge in [0.05, 0.1) is 11.6 Å². The summed E-state index contributed by atoms with van der Waals surface area (Å²) in [6, 6.07) is 10.5. The number of furan rings is 1. The molecule has 1 atom stereocenters. The number of hydrogen-bond acceptors (Lipinski definition) is 2. The summed E-state index contributed by atoms with van der Waals surface area (Å²) in [7, 11) is 0. The monoisotopic (exact) mass is 283 g/mol. The lowest BCUT2D eigenvalue weighted by molar-refractivity contribution is 0.0734. The molecule has 0 N–H and O–H groups in total. The van der Waals surface area contributed by atoms with Crippen LogP contribution in [-0.4, -0.2) is 17.4 Å². The van der Waals surface area contributed by atoms with Crippen LogP contribution in [0.5, 0.6) is 0 Å². The van der Waals surface area contributed by atoms with Crippen LogP contribution in [0.1, 0.15) is 51.9 Å². The van der Waals surface area contributed by atoms with E-state index in [0.717, 1.165) is 25.1 Å². The van der Waals surface area contributed by atoms with E-state index in [4.69, 9.17) is 4.42 Å². The van der Waals surface area contributed by atoms with Crippen molar-refractivity contribution in [2.45, 2.75) is 39.7 Å². The van der Waals surface area contributed by atoms with E-state index in [1.165, 1.54) is 11.1 Å². The smallest absolute Gasteiger partial charge is 0.257 e. The van der Waals surface area contributed by atoms with Crippen molar-refractivity contribution in [1.29, 1.82) is 0 Å². The third-order valence-electron chi connectivity index (χ3n) is 4.25. The van der Waals surface area contributed by atoms with Gasteiger partial charge < -0.3 is 9.32 Å². The molecule has 1 fully saturated rings. The minimum atomic E-state index is 0.0902. The highest BCUT2D eigenvalue weighted by molar-refractivity contribution is 5.95. The maximum atomic E-state index is 12.8. The maximum Gasteiger partial charge on any atom is 0.257 e. The quantitative estimate of drug-likeness (QED) is 0.828. The van der Waals surface area contributed by atoms with Gasteiger partial charge in [-0.25, -0.2) is 0 Å². The van der Waals surface area contributed by atoms with Gasteiger partial charge in [-0.1, -0.05) is 29.8 Å². The summed E-state index contributed by atoms with van der Waals surface area (Å²) in [5.41, 5.74) is 3.17. The van der Waals surface area contributed by atoms with Crippen LogP contribution < -0.4 is 0 Å². The highest BCUT2D eigenvalue weighted by Crippen LogP contribution is 2.34. The molecule has 1 aliphatic rings. The van der Waals surface area contributed by atoms with Crippen LogP contribution in [0.4, 0.5) is 0 Å². The number of amides is 1. The number of benzene rings is 1. The molecule has 1 aromatic heterocycles. The van der Waals surface area contributed by atoms with E-state index in [0.29, 0.717) is 11.3 Å². The lowest BCUT2D eigenvalue weighted by Gasteiger charge is -2.25. The topological polar surface area (TPSA) is 33.5 Å². The van der Waals surface area contributed by atoms with Gasteiger partial charge in [-0.3, -0.25) is 4.79 Å². The van der Waals surface area contributed by atoms with E-state index >= 15 is 0 Å². The number of rotatable bonds is 2. The molecule has 2 heterocycles. The molecule has 1 saturated heterocycles. The Morgan fingerprint density at radius 2 is 1.90 bits per heavy atom. The zero-order chi connectivity index (χ0) is 15.0. The van der Waals surface area contributed by atoms with E-state index in [-0.39, 0.29) is 11.9 Å². The third-order valence-corrected chi connectivity index (χ3v) is 4.25. The fourth-order valence-corrected chi connectivity index (χ4v) is 3.14. The standard InChI is InChI=1S/C18H21NO2/c1-12-6-8-15(9-7-12)17-5-4-10-19(17)18(20)16-11-13(2)21-14(16)3/h6-9,11,17H,4-5,10H2,1-3H3. The molecule has 3 heteroatoms. The Balaban J connectivity index is 1.88. The zero-order valence-corrected chi connectivity index (χ0v) is 12.8. The van der Waals surface area contributed by atoms with Crippen LogP contribution in [0.15, 0.2) is 34.7 Å². The van der Waals surface area contributed by atoms with Crippen molar-refractivity contribution >= 4 is 5.91 Å². The Bertz CT molecular complexity index is 654. The Hall–Kier alpha value is -2.03. The second-order valence-corrected chi connectivity index (χ2v) is 5.89. The lowest BCUT2D eigenvalue weighted by Crippen LogP contribution is -2.30. The first kappa shape index (κ1) is 13.9. The molecule has 3 rings (SSSR count). The van der Waals surface area contributed by atoms with Crippen molar-refractivity contribution < 1.29 is 9.21 Å². The van der Waals surface area contributed by atoms with Gasteiger partial charge in [0, 0.05) is 6.54 Å². The summed E-state index contributed by atoms with van der Waals surface area (Å²) >= 11 is 0. The van der Waals surface area contributed by atoms with E-state index < -0.39 is 0 Å². The molecule has 0 aliphatic carbocycles. The van der Waals surface area contributed by atoms with Crippen molar-refractivity contribution in [2.24, 2.45) is 0 Å². The van der Waals surface area contributed by atoms with E-state index in [2.05, 4.69) is 31.2 Å². The number of carbonyl (C=O) groups excluding carboxylic acids is 1. The number of carbonyl (C=O) groups is 1. The molecule has 0 radical (unpaired) electrons. The molecule has 21 heavy (non-hydrogen) atoms. The Morgan fingerprint density at radius 3 is 2.52 bits per heavy atom. The first-order valence-corrected chi connectivity index (χ1v) is 7.51. The Labute approximate surface area is 125 Å². The van der Waals surface area contributed by atoms with Gasteiger partial charge in [-0.05, 0) is 45.2 Å². The number of likely N-dealkylation sites (tertiary alicyclic amines) is 1. The highest BCUT2D eigenvalue weighted by Gasteiger charge is 2.32. The summed E-state index contributed by atoms with van der Waals surface area (Å²) < 4.78 is 5.50. The third kappa shape index (κ3) is 2.60. The molecule has 1 aliphatic heterocycles. The molecule has 1 amide bonds. The van der Waals surface area contributed by atoms with Crippen molar-refractivity contribution in [3.05, 3.63) is 58.5 Å². The van der Waals surface area contributed by atoms with Gasteiger partial charge >= 0.3 is 0 Å². The summed E-state index contributed by atoms with van der Waals surface area (Å²) in [4.78, 5) is 14.8. The van der Waals surface area contributed by atoms with Crippen molar-refractivity contribution in [3.8, 4) is 0 Å². The summed E-state index contributed by atoms with van der Waals surface area (Å²) in [6.45, 7) is 6.64. The van der Waals surface area contributed by atoms with Gasteiger partial charge in [-0.15, -0.1) is 0 Å². The fraction of sp³-hybridized carbons (Fsp3) is 0.389. The van der Waals surface area contributed by atoms with E-state index in [1.54, 1.807) is 0 Å². The molecule has 0 saturated carbocycles. The second-order valence-electron chi connectivity index (χ2n) is 5.89. The minimum absolute atomic E-state index is 0.0902. The van der Waals surface area contributed by atoms with Crippen molar-refractivity contribution in [2.75, 3.05) is 6.54 Å². The Morgan fingerprint density at radius 1 is 1.19 bits per heavy atom. The second kappa shape index (κ2) is 5.40. The zero-order valence-electron chi connectivity index (χ0n) is 12.8. The number of hydrogen-bond donors (Lipinski definition) is 0. The fourth-order valence-electron chi connectivity index (χ4n) is 3.14. The SMILES string of the molecule is Cc1ccc(C2CCCN2C(=O)c2cc(C)oc2C)cc1. The van der Waals surface area contributed by atoms with Gasteiger partial charge in [0.2, 0.25) is 0 Å². The van der Waals surface area contributed by atoms with Gasteiger partial charge in [0.15, 0.2) is 0 Å². The molecule has 1 unspecified atom stereocenters. The summed E-state index contributed by atoms with van der Waals surface area (Å²) in [5, 5.41) is 0. The first-order valence-electron chi connectivity index (χ1n) is 7.51. The largest absolute Gasteiger partial charge is 0.466 e. The normalized spacial score (nSPS) is 18.2. The number of aryl methyl sites for hydroxylation is 3. The van der Waals surface area contributed by atoms with Crippen molar-refractivity contribution in [3.63, 3.8) is 0 Å². The summed E-state index contributed by atoms with van der Waals surface area (Å²) in [6.07, 6.45) is 2.09. The van der Waals surface area contributed by atoms with E-state index in [9.17, 15) is 4.79 Å². The van der Waals surface area contributed by atoms with Crippen LogP contribution in [0.2, 0.25) is 0 Å². The predicted octanol–water partition coefficient (Wildman–Crippen LogP) is 4.18. The first-order chi connectivity index (χ1) is 10.1. The van der Waals surface area contributed by atoms with E-state index in [1.807, 2.05) is 24.8 Å². The molecule has 0 bridgehead atoms. The molecule has 110 valence electrons. The van der Waals surface area contributed by atoms with Gasteiger partial charge in [-0.2, -0.15) is 0 Å². The van der Waals surface area contributed by atoms with Gasteiger partial charge in [0.25, 0.3) is 5.91 Å². The van der Waals surface area contributed by atoms with Crippen LogP contribution in [0.25, 0.3) is 0 Å². The average Bonchev–Trinajstić information content (AvgIpc) is 3.05. The average molecular weight is 283 g/mol. The number of nitrogens with zero attached hydrogens (tertiary/aromatic N) is 1. The highest BCUT2D eigenvalue weighted by atomic mass is 16.3. The molecule has 2 aromatic rings. The maximum absolute atomic E-state index is 12.8. The van der Waals surface area contributed by atoms with Crippen LogP contribution in [0.3, 0.4) is 0 Å². The van der Waals surface area contributed by atoms with Crippen LogP contribution in [-0.2, 0) is 0 Å². The predicted molar refractivity (Wildman–Crippen MR) is 82.4 cm³/mol. The minimum Gasteiger partial charge on any atom is -0.466 e. The molecular formula is C18H21NO2. The summed E-state index contributed by atoms with van der Waals surface area (Å²) in [5.74, 6) is 1.60. The Kier molecular flexibility index (Phi) is 3.58. The van der Waals surface area contributed by atoms with Gasteiger partial charge in [0.1, 0.15) is 11.5 Å². The molecule has 0 spiro atoms. The van der Waals surface area contributed by atoms with Crippen molar-refractivity contribution in [1.82, 2.24) is 4.90 Å². The van der Waals surface area contributed by atoms with Crippen LogP contribution in [0, 0.1) is 20.8 Å².